The number of halogens is 6. The predicted octanol–water partition coefficient (Wildman–Crippen LogP) is 2.22. The molecule has 0 spiro atoms. The first-order chi connectivity index (χ1) is 15.1. The molecule has 9 nitrogen and oxygen atoms in total. The lowest BCUT2D eigenvalue weighted by molar-refractivity contribution is -0.193. The highest BCUT2D eigenvalue weighted by atomic mass is 19.4. The van der Waals surface area contributed by atoms with Crippen LogP contribution < -0.4 is 0 Å². The smallest absolute Gasteiger partial charge is 0.475 e. The van der Waals surface area contributed by atoms with Gasteiger partial charge < -0.3 is 24.8 Å². The molecule has 0 radical (unpaired) electrons. The first kappa shape index (κ1) is 28.2. The van der Waals surface area contributed by atoms with Crippen molar-refractivity contribution >= 4 is 17.8 Å². The van der Waals surface area contributed by atoms with E-state index in [2.05, 4.69) is 16.9 Å². The van der Waals surface area contributed by atoms with Gasteiger partial charge in [0.05, 0.1) is 18.3 Å². The molecule has 2 fully saturated rings. The predicted molar refractivity (Wildman–Crippen MR) is 99.5 cm³/mol. The van der Waals surface area contributed by atoms with Crippen LogP contribution in [0.25, 0.3) is 0 Å². The quantitative estimate of drug-likeness (QED) is 0.515. The van der Waals surface area contributed by atoms with Crippen LogP contribution >= 0.6 is 0 Å². The van der Waals surface area contributed by atoms with Gasteiger partial charge in [-0.25, -0.2) is 9.59 Å². The third kappa shape index (κ3) is 9.29. The average molecular weight is 491 g/mol. The number of morpholine rings is 1. The Morgan fingerprint density at radius 2 is 1.52 bits per heavy atom. The largest absolute Gasteiger partial charge is 0.490 e. The summed E-state index contributed by atoms with van der Waals surface area (Å²) in [6.07, 6.45) is -4.39. The number of carbonyl (C=O) groups is 3. The summed E-state index contributed by atoms with van der Waals surface area (Å²) in [5, 5.41) is 14.2. The standard InChI is InChI=1S/C14H21N3O2.2C2HF3O2/c1-16-8-9-19-13-4-7-17(6-3-12(13)16)14(18)11-2-5-15-10-11;2*3-2(4,5)1(6)7/h2,5,10,12-13,15H,3-4,6-9H2,1H3;2*(H,6,7). The molecule has 0 saturated carbocycles. The topological polar surface area (TPSA) is 123 Å². The highest BCUT2D eigenvalue weighted by Gasteiger charge is 2.39. The van der Waals surface area contributed by atoms with Crippen molar-refractivity contribution in [2.24, 2.45) is 0 Å². The van der Waals surface area contributed by atoms with E-state index in [0.717, 1.165) is 44.6 Å². The molecule has 0 aromatic carbocycles. The Hall–Kier alpha value is -2.81. The van der Waals surface area contributed by atoms with Gasteiger partial charge in [0.1, 0.15) is 0 Å². The molecule has 1 aromatic heterocycles. The lowest BCUT2D eigenvalue weighted by atomic mass is 10.0. The number of rotatable bonds is 1. The first-order valence-electron chi connectivity index (χ1n) is 9.48. The van der Waals surface area contributed by atoms with Crippen molar-refractivity contribution in [3.8, 4) is 0 Å². The summed E-state index contributed by atoms with van der Waals surface area (Å²) in [4.78, 5) is 37.4. The Morgan fingerprint density at radius 3 is 1.97 bits per heavy atom. The summed E-state index contributed by atoms with van der Waals surface area (Å²) in [5.74, 6) is -5.39. The number of likely N-dealkylation sites (tertiary alicyclic amines) is 1. The Bertz CT molecular complexity index is 760. The van der Waals surface area contributed by atoms with Crippen LogP contribution in [0.15, 0.2) is 18.5 Å². The molecule has 2 unspecified atom stereocenters. The van der Waals surface area contributed by atoms with Gasteiger partial charge in [-0.1, -0.05) is 0 Å². The number of alkyl halides is 6. The van der Waals surface area contributed by atoms with Crippen molar-refractivity contribution in [3.05, 3.63) is 24.0 Å². The fraction of sp³-hybridized carbons (Fsp3) is 0.611. The molecule has 2 saturated heterocycles. The number of hydrogen-bond donors (Lipinski definition) is 3. The fourth-order valence-electron chi connectivity index (χ4n) is 3.12. The van der Waals surface area contributed by atoms with Crippen molar-refractivity contribution < 1.29 is 55.7 Å². The van der Waals surface area contributed by atoms with Gasteiger partial charge in [-0.15, -0.1) is 0 Å². The number of aromatic amines is 1. The summed E-state index contributed by atoms with van der Waals surface area (Å²) < 4.78 is 69.3. The molecular weight excluding hydrogens is 468 g/mol. The average Bonchev–Trinajstić information content (AvgIpc) is 3.14. The second-order valence-electron chi connectivity index (χ2n) is 7.03. The van der Waals surface area contributed by atoms with Crippen LogP contribution in [-0.4, -0.2) is 101 Å². The molecule has 2 atom stereocenters. The van der Waals surface area contributed by atoms with Gasteiger partial charge in [-0.2, -0.15) is 26.3 Å². The summed E-state index contributed by atoms with van der Waals surface area (Å²) in [6, 6.07) is 2.29. The number of aromatic nitrogens is 1. The zero-order chi connectivity index (χ0) is 25.4. The van der Waals surface area contributed by atoms with E-state index in [4.69, 9.17) is 24.5 Å². The number of aliphatic carboxylic acids is 2. The maximum atomic E-state index is 12.4. The highest BCUT2D eigenvalue weighted by molar-refractivity contribution is 5.94. The molecule has 1 amide bonds. The van der Waals surface area contributed by atoms with Gasteiger partial charge in [0, 0.05) is 38.1 Å². The number of nitrogens with one attached hydrogen (secondary N) is 1. The molecule has 15 heteroatoms. The number of H-pyrrole nitrogens is 1. The van der Waals surface area contributed by atoms with Crippen LogP contribution in [0, 0.1) is 0 Å². The molecule has 3 heterocycles. The Balaban J connectivity index is 0.000000324. The lowest BCUT2D eigenvalue weighted by Crippen LogP contribution is -2.49. The maximum absolute atomic E-state index is 12.4. The summed E-state index contributed by atoms with van der Waals surface area (Å²) in [5.41, 5.74) is 0.749. The molecule has 0 aliphatic carbocycles. The van der Waals surface area contributed by atoms with Crippen LogP contribution in [0.1, 0.15) is 23.2 Å². The van der Waals surface area contributed by atoms with Gasteiger partial charge in [0.15, 0.2) is 0 Å². The first-order valence-corrected chi connectivity index (χ1v) is 9.48. The van der Waals surface area contributed by atoms with Gasteiger partial charge >= 0.3 is 24.3 Å². The van der Waals surface area contributed by atoms with E-state index in [9.17, 15) is 31.1 Å². The molecule has 2 aliphatic heterocycles. The van der Waals surface area contributed by atoms with Crippen molar-refractivity contribution in [1.29, 1.82) is 0 Å². The van der Waals surface area contributed by atoms with Crippen molar-refractivity contribution in [2.45, 2.75) is 37.3 Å². The third-order valence-corrected chi connectivity index (χ3v) is 4.77. The molecule has 1 aromatic rings. The number of carboxylic acid groups (broad SMARTS) is 2. The van der Waals surface area contributed by atoms with Gasteiger partial charge in [0.25, 0.3) is 5.91 Å². The van der Waals surface area contributed by atoms with E-state index in [-0.39, 0.29) is 12.0 Å². The molecule has 0 bridgehead atoms. The zero-order valence-corrected chi connectivity index (χ0v) is 17.3. The number of hydrogen-bond acceptors (Lipinski definition) is 5. The van der Waals surface area contributed by atoms with Crippen LogP contribution in [0.4, 0.5) is 26.3 Å². The van der Waals surface area contributed by atoms with Crippen molar-refractivity contribution in [1.82, 2.24) is 14.8 Å². The molecule has 3 rings (SSSR count). The second-order valence-corrected chi connectivity index (χ2v) is 7.03. The number of carbonyl (C=O) groups excluding carboxylic acids is 1. The van der Waals surface area contributed by atoms with Crippen molar-refractivity contribution in [2.75, 3.05) is 33.3 Å². The minimum absolute atomic E-state index is 0.127. The Morgan fingerprint density at radius 1 is 1.00 bits per heavy atom. The zero-order valence-electron chi connectivity index (χ0n) is 17.3. The fourth-order valence-corrected chi connectivity index (χ4v) is 3.12. The van der Waals surface area contributed by atoms with Crippen LogP contribution in [0.2, 0.25) is 0 Å². The molecular formula is C18H23F6N3O6. The second kappa shape index (κ2) is 11.9. The van der Waals surface area contributed by atoms with Gasteiger partial charge in [0.2, 0.25) is 0 Å². The number of carboxylic acids is 2. The highest BCUT2D eigenvalue weighted by Crippen LogP contribution is 2.23. The number of ether oxygens (including phenoxy) is 1. The Kier molecular flexibility index (Phi) is 10.2. The molecule has 2 aliphatic rings. The number of likely N-dealkylation sites (N-methyl/N-ethyl adjacent to an activating group) is 1. The third-order valence-electron chi connectivity index (χ3n) is 4.77. The van der Waals surface area contributed by atoms with Crippen LogP contribution in [0.5, 0.6) is 0 Å². The SMILES string of the molecule is CN1CCOC2CCN(C(=O)c3cc[nH]c3)CCC21.O=C(O)C(F)(F)F.O=C(O)C(F)(F)F. The van der Waals surface area contributed by atoms with E-state index in [0.29, 0.717) is 6.04 Å². The van der Waals surface area contributed by atoms with Crippen LogP contribution in [0.3, 0.4) is 0 Å². The normalized spacial score (nSPS) is 21.4. The maximum Gasteiger partial charge on any atom is 0.490 e. The summed E-state index contributed by atoms with van der Waals surface area (Å²) in [7, 11) is 2.16. The van der Waals surface area contributed by atoms with Crippen LogP contribution in [-0.2, 0) is 14.3 Å². The summed E-state index contributed by atoms with van der Waals surface area (Å²) >= 11 is 0. The van der Waals surface area contributed by atoms with E-state index in [1.807, 2.05) is 11.0 Å². The summed E-state index contributed by atoms with van der Waals surface area (Å²) in [6.45, 7) is 3.41. The van der Waals surface area contributed by atoms with E-state index in [1.165, 1.54) is 0 Å². The molecule has 33 heavy (non-hydrogen) atoms. The van der Waals surface area contributed by atoms with E-state index >= 15 is 0 Å². The number of fused-ring (bicyclic) bond motifs is 1. The van der Waals surface area contributed by atoms with E-state index < -0.39 is 24.3 Å². The lowest BCUT2D eigenvalue weighted by Gasteiger charge is -2.37. The minimum atomic E-state index is -5.08. The molecule has 3 N–H and O–H groups in total. The van der Waals surface area contributed by atoms with Gasteiger partial charge in [-0.3, -0.25) is 9.69 Å². The van der Waals surface area contributed by atoms with Gasteiger partial charge in [-0.05, 0) is 26.0 Å². The number of nitrogens with zero attached hydrogens (tertiary/aromatic N) is 2. The van der Waals surface area contributed by atoms with Crippen molar-refractivity contribution in [3.63, 3.8) is 0 Å². The Labute approximate surface area is 183 Å². The van der Waals surface area contributed by atoms with E-state index in [1.54, 1.807) is 12.4 Å². The monoisotopic (exact) mass is 491 g/mol. The molecule has 188 valence electrons. The minimum Gasteiger partial charge on any atom is -0.475 e. The number of amides is 1.